The summed E-state index contributed by atoms with van der Waals surface area (Å²) in [4.78, 5) is 35.8. The second-order valence-corrected chi connectivity index (χ2v) is 13.8. The lowest BCUT2D eigenvalue weighted by Gasteiger charge is -2.31. The van der Waals surface area contributed by atoms with Crippen molar-refractivity contribution in [1.29, 1.82) is 0 Å². The number of aliphatic carboxylic acids is 1. The van der Waals surface area contributed by atoms with Crippen LogP contribution < -0.4 is 10.6 Å². The van der Waals surface area contributed by atoms with E-state index in [4.69, 9.17) is 0 Å². The van der Waals surface area contributed by atoms with Gasteiger partial charge in [0.05, 0.1) is 0 Å². The van der Waals surface area contributed by atoms with Crippen LogP contribution in [0.1, 0.15) is 39.7 Å². The highest BCUT2D eigenvalue weighted by atomic mass is 28.3. The lowest BCUT2D eigenvalue weighted by molar-refractivity contribution is -0.142. The molecular formula is C22H31FN2O4Si. The van der Waals surface area contributed by atoms with E-state index < -0.39 is 43.8 Å². The molecule has 0 fully saturated rings. The molecule has 0 unspecified atom stereocenters. The van der Waals surface area contributed by atoms with Crippen LogP contribution in [0.4, 0.5) is 4.39 Å². The van der Waals surface area contributed by atoms with Gasteiger partial charge in [0.2, 0.25) is 11.8 Å². The number of amides is 2. The number of nitrogens with one attached hydrogen (secondary N) is 2. The first kappa shape index (κ1) is 25.4. The average Bonchev–Trinajstić information content (AvgIpc) is 2.60. The number of hydrogen-bond donors (Lipinski definition) is 3. The van der Waals surface area contributed by atoms with Crippen molar-refractivity contribution in [3.8, 4) is 11.5 Å². The number of carbonyl (C=O) groups is 3. The van der Waals surface area contributed by atoms with E-state index in [-0.39, 0.29) is 23.4 Å². The smallest absolute Gasteiger partial charge is 0.327 e. The molecule has 6 nitrogen and oxygen atoms in total. The summed E-state index contributed by atoms with van der Waals surface area (Å²) in [5.74, 6) is 0.0255. The van der Waals surface area contributed by atoms with Crippen LogP contribution in [0.3, 0.4) is 0 Å². The first-order valence-corrected chi connectivity index (χ1v) is 12.8. The number of halogens is 1. The summed E-state index contributed by atoms with van der Waals surface area (Å²) in [7, 11) is -1.91. The zero-order valence-electron chi connectivity index (χ0n) is 18.4. The average molecular weight is 435 g/mol. The number of carboxylic acids is 1. The minimum atomic E-state index is -1.91. The third-order valence-corrected chi connectivity index (χ3v) is 9.82. The lowest BCUT2D eigenvalue weighted by Crippen LogP contribution is -2.52. The van der Waals surface area contributed by atoms with Gasteiger partial charge in [-0.2, -0.15) is 0 Å². The molecule has 1 aromatic rings. The van der Waals surface area contributed by atoms with E-state index in [9.17, 15) is 23.9 Å². The van der Waals surface area contributed by atoms with Gasteiger partial charge in [-0.05, 0) is 16.7 Å². The molecule has 0 spiro atoms. The van der Waals surface area contributed by atoms with Crippen molar-refractivity contribution in [3.05, 3.63) is 35.6 Å². The Labute approximate surface area is 178 Å². The molecule has 2 atom stereocenters. The predicted molar refractivity (Wildman–Crippen MR) is 117 cm³/mol. The van der Waals surface area contributed by atoms with Gasteiger partial charge in [-0.25, -0.2) is 9.18 Å². The SMILES string of the molecule is CC(=O)N[C@H](Cc1ccccc1F)C(=O)N[C@H](CC#C[Si](C)(C)C(C)(C)C)C(=O)O. The van der Waals surface area contributed by atoms with Crippen LogP contribution in [0.15, 0.2) is 24.3 Å². The van der Waals surface area contributed by atoms with Crippen molar-refractivity contribution < 1.29 is 23.9 Å². The maximum absolute atomic E-state index is 14.0. The Hall–Kier alpha value is -2.66. The Balaban J connectivity index is 2.96. The summed E-state index contributed by atoms with van der Waals surface area (Å²) in [6.45, 7) is 11.8. The minimum Gasteiger partial charge on any atom is -0.480 e. The molecule has 164 valence electrons. The highest BCUT2D eigenvalue weighted by molar-refractivity contribution is 6.87. The summed E-state index contributed by atoms with van der Waals surface area (Å²) in [5, 5.41) is 14.4. The molecule has 2 amide bonds. The predicted octanol–water partition coefficient (Wildman–Crippen LogP) is 2.88. The van der Waals surface area contributed by atoms with Gasteiger partial charge in [-0.1, -0.05) is 52.1 Å². The van der Waals surface area contributed by atoms with E-state index in [0.29, 0.717) is 0 Å². The number of rotatable bonds is 7. The zero-order chi connectivity index (χ0) is 23.1. The van der Waals surface area contributed by atoms with E-state index in [1.54, 1.807) is 6.07 Å². The van der Waals surface area contributed by atoms with Crippen molar-refractivity contribution in [3.63, 3.8) is 0 Å². The highest BCUT2D eigenvalue weighted by Gasteiger charge is 2.34. The number of carbonyl (C=O) groups excluding carboxylic acids is 2. The van der Waals surface area contributed by atoms with E-state index >= 15 is 0 Å². The Morgan fingerprint density at radius 2 is 1.73 bits per heavy atom. The van der Waals surface area contributed by atoms with E-state index in [0.717, 1.165) is 0 Å². The van der Waals surface area contributed by atoms with Gasteiger partial charge in [-0.3, -0.25) is 9.59 Å². The van der Waals surface area contributed by atoms with Crippen LogP contribution in [0.25, 0.3) is 0 Å². The monoisotopic (exact) mass is 434 g/mol. The molecule has 0 aromatic heterocycles. The number of benzene rings is 1. The molecular weight excluding hydrogens is 403 g/mol. The summed E-state index contributed by atoms with van der Waals surface area (Å²) in [6, 6.07) is 3.58. The Morgan fingerprint density at radius 1 is 1.13 bits per heavy atom. The molecule has 0 heterocycles. The molecule has 0 aliphatic heterocycles. The fourth-order valence-electron chi connectivity index (χ4n) is 2.37. The standard InChI is InChI=1S/C22H31FN2O4Si/c1-15(26)24-19(14-16-10-7-8-11-17(16)23)20(27)25-18(21(28)29)12-9-13-30(5,6)22(2,3)4/h7-8,10-11,18-19H,12,14H2,1-6H3,(H,24,26)(H,25,27)(H,28,29)/t18-,19-/m1/s1. The van der Waals surface area contributed by atoms with Crippen molar-refractivity contribution in [2.45, 2.75) is 70.8 Å². The second-order valence-electron chi connectivity index (χ2n) is 8.83. The second kappa shape index (κ2) is 10.4. The lowest BCUT2D eigenvalue weighted by atomic mass is 10.0. The van der Waals surface area contributed by atoms with Gasteiger partial charge in [0, 0.05) is 19.8 Å². The zero-order valence-corrected chi connectivity index (χ0v) is 19.4. The molecule has 0 saturated carbocycles. The van der Waals surface area contributed by atoms with Gasteiger partial charge >= 0.3 is 5.97 Å². The third kappa shape index (κ3) is 7.63. The molecule has 3 N–H and O–H groups in total. The first-order valence-electron chi connectivity index (χ1n) is 9.78. The first-order chi connectivity index (χ1) is 13.7. The molecule has 0 aliphatic rings. The fraction of sp³-hybridized carbons (Fsp3) is 0.500. The van der Waals surface area contributed by atoms with E-state index in [2.05, 4.69) is 56.0 Å². The normalized spacial score (nSPS) is 13.4. The molecule has 1 aromatic carbocycles. The Kier molecular flexibility index (Phi) is 8.79. The van der Waals surface area contributed by atoms with Crippen molar-refractivity contribution >= 4 is 25.9 Å². The Morgan fingerprint density at radius 3 is 2.23 bits per heavy atom. The molecule has 0 bridgehead atoms. The van der Waals surface area contributed by atoms with Crippen LogP contribution in [-0.4, -0.2) is 43.0 Å². The van der Waals surface area contributed by atoms with Gasteiger partial charge in [0.1, 0.15) is 26.0 Å². The van der Waals surface area contributed by atoms with E-state index in [1.807, 2.05) is 0 Å². The van der Waals surface area contributed by atoms with Crippen LogP contribution in [0.5, 0.6) is 0 Å². The van der Waals surface area contributed by atoms with Gasteiger partial charge in [0.25, 0.3) is 0 Å². The number of hydrogen-bond acceptors (Lipinski definition) is 3. The molecule has 0 saturated heterocycles. The van der Waals surface area contributed by atoms with Crippen LogP contribution >= 0.6 is 0 Å². The summed E-state index contributed by atoms with van der Waals surface area (Å²) < 4.78 is 14.0. The molecule has 30 heavy (non-hydrogen) atoms. The fourth-order valence-corrected chi connectivity index (χ4v) is 3.29. The van der Waals surface area contributed by atoms with Crippen LogP contribution in [0.2, 0.25) is 18.1 Å². The summed E-state index contributed by atoms with van der Waals surface area (Å²) in [5.41, 5.74) is 3.47. The Bertz CT molecular complexity index is 853. The van der Waals surface area contributed by atoms with Crippen molar-refractivity contribution in [1.82, 2.24) is 10.6 Å². The van der Waals surface area contributed by atoms with Crippen molar-refractivity contribution in [2.75, 3.05) is 0 Å². The maximum atomic E-state index is 14.0. The van der Waals surface area contributed by atoms with Gasteiger partial charge in [-0.15, -0.1) is 11.5 Å². The minimum absolute atomic E-state index is 0.0260. The largest absolute Gasteiger partial charge is 0.480 e. The maximum Gasteiger partial charge on any atom is 0.327 e. The van der Waals surface area contributed by atoms with E-state index in [1.165, 1.54) is 25.1 Å². The topological polar surface area (TPSA) is 95.5 Å². The van der Waals surface area contributed by atoms with Crippen LogP contribution in [-0.2, 0) is 20.8 Å². The quantitative estimate of drug-likeness (QED) is 0.454. The van der Waals surface area contributed by atoms with Gasteiger partial charge < -0.3 is 15.7 Å². The molecule has 8 heteroatoms. The molecule has 0 radical (unpaired) electrons. The number of carboxylic acid groups (broad SMARTS) is 1. The summed E-state index contributed by atoms with van der Waals surface area (Å²) >= 11 is 0. The highest BCUT2D eigenvalue weighted by Crippen LogP contribution is 2.35. The third-order valence-electron chi connectivity index (χ3n) is 5.27. The van der Waals surface area contributed by atoms with Crippen LogP contribution in [0, 0.1) is 17.3 Å². The summed E-state index contributed by atoms with van der Waals surface area (Å²) in [6.07, 6.45) is -0.153. The molecule has 0 aliphatic carbocycles. The van der Waals surface area contributed by atoms with Crippen molar-refractivity contribution in [2.24, 2.45) is 0 Å². The molecule has 1 rings (SSSR count). The van der Waals surface area contributed by atoms with Gasteiger partial charge in [0.15, 0.2) is 0 Å².